The fraction of sp³-hybridized carbons (Fsp3) is 0.167. The zero-order valence-corrected chi connectivity index (χ0v) is 14.5. The Bertz CT molecular complexity index is 844. The van der Waals surface area contributed by atoms with Gasteiger partial charge in [0.05, 0.1) is 16.1 Å². The van der Waals surface area contributed by atoms with E-state index in [2.05, 4.69) is 10.3 Å². The van der Waals surface area contributed by atoms with Crippen molar-refractivity contribution in [2.24, 2.45) is 0 Å². The van der Waals surface area contributed by atoms with Gasteiger partial charge in [0.2, 0.25) is 0 Å². The molecule has 3 rings (SSSR count). The van der Waals surface area contributed by atoms with Crippen LogP contribution in [0.4, 0.5) is 5.00 Å². The fourth-order valence-corrected chi connectivity index (χ4v) is 3.12. The molecule has 0 unspecified atom stereocenters. The number of carbonyl (C=O) groups excluding carboxylic acids is 2. The van der Waals surface area contributed by atoms with E-state index in [-0.39, 0.29) is 17.6 Å². The van der Waals surface area contributed by atoms with Gasteiger partial charge in [0, 0.05) is 31.9 Å². The third kappa shape index (κ3) is 4.33. The number of furan rings is 1. The molecular formula is C18H17N3O3S. The topological polar surface area (TPSA) is 75.4 Å². The summed E-state index contributed by atoms with van der Waals surface area (Å²) in [6, 6.07) is 12.4. The first-order valence-corrected chi connectivity index (χ1v) is 8.55. The van der Waals surface area contributed by atoms with Gasteiger partial charge in [0.15, 0.2) is 5.76 Å². The maximum Gasteiger partial charge on any atom is 0.291 e. The predicted molar refractivity (Wildman–Crippen MR) is 95.9 cm³/mol. The molecule has 128 valence electrons. The highest BCUT2D eigenvalue weighted by Crippen LogP contribution is 2.23. The van der Waals surface area contributed by atoms with Crippen LogP contribution < -0.4 is 5.32 Å². The second-order valence-corrected chi connectivity index (χ2v) is 6.48. The molecule has 7 heteroatoms. The molecule has 0 spiro atoms. The van der Waals surface area contributed by atoms with Crippen LogP contribution in [0.25, 0.3) is 0 Å². The zero-order valence-electron chi connectivity index (χ0n) is 13.6. The second kappa shape index (κ2) is 7.76. The van der Waals surface area contributed by atoms with Crippen molar-refractivity contribution in [2.75, 3.05) is 18.9 Å². The Labute approximate surface area is 149 Å². The van der Waals surface area contributed by atoms with Crippen LogP contribution in [0.5, 0.6) is 0 Å². The predicted octanol–water partition coefficient (Wildman–Crippen LogP) is 3.30. The van der Waals surface area contributed by atoms with Crippen LogP contribution >= 0.6 is 11.3 Å². The first-order valence-electron chi connectivity index (χ1n) is 7.73. The molecule has 0 bridgehead atoms. The number of thiophene rings is 1. The number of rotatable bonds is 6. The highest BCUT2D eigenvalue weighted by Gasteiger charge is 2.16. The van der Waals surface area contributed by atoms with Crippen molar-refractivity contribution in [3.05, 3.63) is 71.3 Å². The van der Waals surface area contributed by atoms with E-state index in [1.165, 1.54) is 17.6 Å². The Hall–Kier alpha value is -2.93. The lowest BCUT2D eigenvalue weighted by Crippen LogP contribution is -2.28. The average Bonchev–Trinajstić information content (AvgIpc) is 3.32. The summed E-state index contributed by atoms with van der Waals surface area (Å²) in [6.07, 6.45) is 3.87. The third-order valence-electron chi connectivity index (χ3n) is 3.57. The number of pyridine rings is 1. The molecule has 0 radical (unpaired) electrons. The second-order valence-electron chi connectivity index (χ2n) is 5.39. The van der Waals surface area contributed by atoms with Gasteiger partial charge < -0.3 is 14.6 Å². The molecule has 3 heterocycles. The molecule has 0 saturated carbocycles. The van der Waals surface area contributed by atoms with Crippen LogP contribution in [-0.2, 0) is 6.42 Å². The molecular weight excluding hydrogens is 338 g/mol. The molecule has 0 atom stereocenters. The normalized spacial score (nSPS) is 10.4. The van der Waals surface area contributed by atoms with E-state index in [0.29, 0.717) is 22.8 Å². The third-order valence-corrected chi connectivity index (χ3v) is 4.56. The van der Waals surface area contributed by atoms with Crippen molar-refractivity contribution in [2.45, 2.75) is 6.42 Å². The van der Waals surface area contributed by atoms with Gasteiger partial charge in [-0.15, -0.1) is 11.3 Å². The number of hydrogen-bond acceptors (Lipinski definition) is 5. The standard InChI is InChI=1S/C18H17N3O3S/c1-21(11-9-13-5-2-3-10-19-13)18(23)15-7-8-16(25-15)20-17(22)14-6-4-12-24-14/h2-8,10,12H,9,11H2,1H3,(H,20,22). The van der Waals surface area contributed by atoms with Crippen LogP contribution in [-0.4, -0.2) is 35.3 Å². The first kappa shape index (κ1) is 16.9. The van der Waals surface area contributed by atoms with Gasteiger partial charge in [0.1, 0.15) is 0 Å². The lowest BCUT2D eigenvalue weighted by Gasteiger charge is -2.15. The molecule has 0 saturated heterocycles. The Balaban J connectivity index is 1.57. The summed E-state index contributed by atoms with van der Waals surface area (Å²) in [4.78, 5) is 30.9. The van der Waals surface area contributed by atoms with E-state index in [9.17, 15) is 9.59 Å². The smallest absolute Gasteiger partial charge is 0.291 e. The molecule has 0 aliphatic heterocycles. The van der Waals surface area contributed by atoms with Gasteiger partial charge in [-0.2, -0.15) is 0 Å². The van der Waals surface area contributed by atoms with E-state index < -0.39 is 0 Å². The lowest BCUT2D eigenvalue weighted by molar-refractivity contribution is 0.0801. The first-order chi connectivity index (χ1) is 12.1. The highest BCUT2D eigenvalue weighted by atomic mass is 32.1. The maximum atomic E-state index is 12.5. The molecule has 3 aromatic heterocycles. The van der Waals surface area contributed by atoms with E-state index >= 15 is 0 Å². The van der Waals surface area contributed by atoms with Crippen LogP contribution in [0.15, 0.2) is 59.3 Å². The number of aromatic nitrogens is 1. The molecule has 0 aromatic carbocycles. The van der Waals surface area contributed by atoms with Crippen molar-refractivity contribution in [3.8, 4) is 0 Å². The molecule has 25 heavy (non-hydrogen) atoms. The molecule has 0 aliphatic carbocycles. The quantitative estimate of drug-likeness (QED) is 0.736. The molecule has 2 amide bonds. The minimum atomic E-state index is -0.339. The number of likely N-dealkylation sites (N-methyl/N-ethyl adjacent to an activating group) is 1. The molecule has 1 N–H and O–H groups in total. The molecule has 0 fully saturated rings. The fourth-order valence-electron chi connectivity index (χ4n) is 2.22. The van der Waals surface area contributed by atoms with Crippen molar-refractivity contribution in [1.82, 2.24) is 9.88 Å². The maximum absolute atomic E-state index is 12.5. The summed E-state index contributed by atoms with van der Waals surface area (Å²) < 4.78 is 5.05. The number of nitrogens with zero attached hydrogens (tertiary/aromatic N) is 2. The minimum absolute atomic E-state index is 0.0839. The van der Waals surface area contributed by atoms with E-state index in [1.54, 1.807) is 42.4 Å². The van der Waals surface area contributed by atoms with Gasteiger partial charge in [-0.25, -0.2) is 0 Å². The van der Waals surface area contributed by atoms with Crippen molar-refractivity contribution < 1.29 is 14.0 Å². The van der Waals surface area contributed by atoms with Gasteiger partial charge >= 0.3 is 0 Å². The zero-order chi connectivity index (χ0) is 17.6. The van der Waals surface area contributed by atoms with Crippen LogP contribution in [0.2, 0.25) is 0 Å². The number of hydrogen-bond donors (Lipinski definition) is 1. The Morgan fingerprint density at radius 2 is 2.08 bits per heavy atom. The van der Waals surface area contributed by atoms with Crippen molar-refractivity contribution >= 4 is 28.2 Å². The number of amides is 2. The number of nitrogens with one attached hydrogen (secondary N) is 1. The Kier molecular flexibility index (Phi) is 5.25. The van der Waals surface area contributed by atoms with Gasteiger partial charge in [-0.3, -0.25) is 14.6 Å². The average molecular weight is 355 g/mol. The molecule has 0 aliphatic rings. The van der Waals surface area contributed by atoms with Crippen LogP contribution in [0.3, 0.4) is 0 Å². The summed E-state index contributed by atoms with van der Waals surface area (Å²) in [5.41, 5.74) is 0.944. The van der Waals surface area contributed by atoms with Crippen LogP contribution in [0, 0.1) is 0 Å². The van der Waals surface area contributed by atoms with Gasteiger partial charge in [0.25, 0.3) is 11.8 Å². The number of carbonyl (C=O) groups is 2. The SMILES string of the molecule is CN(CCc1ccccn1)C(=O)c1ccc(NC(=O)c2ccco2)s1. The summed E-state index contributed by atoms with van der Waals surface area (Å²) >= 11 is 1.24. The van der Waals surface area contributed by atoms with Crippen molar-refractivity contribution in [3.63, 3.8) is 0 Å². The van der Waals surface area contributed by atoms with Gasteiger partial charge in [-0.05, 0) is 36.4 Å². The summed E-state index contributed by atoms with van der Waals surface area (Å²) in [5, 5.41) is 3.32. The highest BCUT2D eigenvalue weighted by molar-refractivity contribution is 7.18. The van der Waals surface area contributed by atoms with Crippen molar-refractivity contribution in [1.29, 1.82) is 0 Å². The Morgan fingerprint density at radius 3 is 2.80 bits per heavy atom. The number of anilines is 1. The van der Waals surface area contributed by atoms with E-state index in [1.807, 2.05) is 18.2 Å². The Morgan fingerprint density at radius 1 is 1.20 bits per heavy atom. The van der Waals surface area contributed by atoms with E-state index in [4.69, 9.17) is 4.42 Å². The summed E-state index contributed by atoms with van der Waals surface area (Å²) in [6.45, 7) is 0.571. The monoisotopic (exact) mass is 355 g/mol. The largest absolute Gasteiger partial charge is 0.459 e. The van der Waals surface area contributed by atoms with Crippen LogP contribution in [0.1, 0.15) is 25.9 Å². The minimum Gasteiger partial charge on any atom is -0.459 e. The van der Waals surface area contributed by atoms with Gasteiger partial charge in [-0.1, -0.05) is 6.07 Å². The van der Waals surface area contributed by atoms with E-state index in [0.717, 1.165) is 5.69 Å². The lowest BCUT2D eigenvalue weighted by atomic mass is 10.2. The molecule has 6 nitrogen and oxygen atoms in total. The summed E-state index contributed by atoms with van der Waals surface area (Å²) in [7, 11) is 1.76. The summed E-state index contributed by atoms with van der Waals surface area (Å²) in [5.74, 6) is -0.192. The molecule has 3 aromatic rings.